The monoisotopic (exact) mass is 393 g/mol. The lowest BCUT2D eigenvalue weighted by molar-refractivity contribution is 0.0763. The van der Waals surface area contributed by atoms with Crippen LogP contribution >= 0.6 is 0 Å². The van der Waals surface area contributed by atoms with Crippen molar-refractivity contribution in [2.75, 3.05) is 0 Å². The number of pyridine rings is 2. The number of benzene rings is 1. The van der Waals surface area contributed by atoms with E-state index in [2.05, 4.69) is 15.1 Å². The fourth-order valence-corrected chi connectivity index (χ4v) is 3.46. The molecule has 0 bridgehead atoms. The largest absolute Gasteiger partial charge is 0.328 e. The first kappa shape index (κ1) is 15.3. The van der Waals surface area contributed by atoms with Crippen molar-refractivity contribution in [2.45, 2.75) is 13.0 Å². The van der Waals surface area contributed by atoms with E-state index in [-0.39, 0.29) is 11.3 Å². The predicted molar refractivity (Wildman–Crippen MR) is 102 cm³/mol. The number of hydrogen-bond acceptors (Lipinski definition) is 4. The summed E-state index contributed by atoms with van der Waals surface area (Å²) < 4.78 is 48.1. The summed E-state index contributed by atoms with van der Waals surface area (Å²) in [5.41, 5.74) is 0.927. The third-order valence-electron chi connectivity index (χ3n) is 4.83. The molecule has 5 rings (SSSR count). The van der Waals surface area contributed by atoms with Crippen molar-refractivity contribution in [3.8, 4) is 11.1 Å². The normalized spacial score (nSPS) is 16.1. The molecule has 1 amide bonds. The summed E-state index contributed by atoms with van der Waals surface area (Å²) >= 11 is 0. The van der Waals surface area contributed by atoms with Crippen molar-refractivity contribution in [1.82, 2.24) is 24.6 Å². The summed E-state index contributed by atoms with van der Waals surface area (Å²) in [7, 11) is 1.73. The van der Waals surface area contributed by atoms with Crippen molar-refractivity contribution >= 4 is 16.9 Å². The minimum atomic E-state index is -2.28. The van der Waals surface area contributed by atoms with Crippen molar-refractivity contribution in [3.63, 3.8) is 0 Å². The molecule has 0 radical (unpaired) electrons. The van der Waals surface area contributed by atoms with E-state index >= 15 is 8.78 Å². The van der Waals surface area contributed by atoms with Gasteiger partial charge in [0.1, 0.15) is 11.6 Å². The van der Waals surface area contributed by atoms with Crippen LogP contribution in [-0.2, 0) is 20.1 Å². The van der Waals surface area contributed by atoms with E-state index in [1.54, 1.807) is 24.0 Å². The Morgan fingerprint density at radius 2 is 1.93 bits per heavy atom. The lowest BCUT2D eigenvalue weighted by Crippen LogP contribution is -2.24. The summed E-state index contributed by atoms with van der Waals surface area (Å²) in [5, 5.41) is 4.84. The summed E-state index contributed by atoms with van der Waals surface area (Å²) in [6.07, 6.45) is 4.59. The third kappa shape index (κ3) is 2.84. The molecule has 0 saturated carbocycles. The van der Waals surface area contributed by atoms with Gasteiger partial charge in [0, 0.05) is 36.6 Å². The van der Waals surface area contributed by atoms with E-state index in [1.807, 2.05) is 0 Å². The van der Waals surface area contributed by atoms with Gasteiger partial charge < -0.3 is 4.90 Å². The molecule has 4 heterocycles. The molecule has 6 nitrogen and oxygen atoms in total. The number of nitrogens with zero attached hydrogens (tertiary/aromatic N) is 5. The van der Waals surface area contributed by atoms with Gasteiger partial charge >= 0.3 is 0 Å². The smallest absolute Gasteiger partial charge is 0.256 e. The molecule has 1 aliphatic heterocycles. The molecule has 0 unspecified atom stereocenters. The topological polar surface area (TPSA) is 63.9 Å². The highest BCUT2D eigenvalue weighted by Gasteiger charge is 2.29. The highest BCUT2D eigenvalue weighted by molar-refractivity contribution is 5.97. The van der Waals surface area contributed by atoms with Crippen molar-refractivity contribution in [3.05, 3.63) is 77.4 Å². The van der Waals surface area contributed by atoms with Crippen LogP contribution in [0, 0.1) is 11.6 Å². The second-order valence-electron chi connectivity index (χ2n) is 6.72. The highest BCUT2D eigenvalue weighted by Crippen LogP contribution is 2.31. The van der Waals surface area contributed by atoms with Crippen molar-refractivity contribution < 1.29 is 16.3 Å². The zero-order chi connectivity index (χ0) is 21.9. The van der Waals surface area contributed by atoms with Gasteiger partial charge in [0.25, 0.3) is 5.91 Å². The maximum absolute atomic E-state index is 15.0. The van der Waals surface area contributed by atoms with E-state index in [1.165, 1.54) is 36.7 Å². The maximum Gasteiger partial charge on any atom is 0.256 e. The number of halogens is 2. The van der Waals surface area contributed by atoms with Crippen molar-refractivity contribution in [2.24, 2.45) is 7.05 Å². The van der Waals surface area contributed by atoms with E-state index < -0.39 is 36.1 Å². The Labute approximate surface area is 167 Å². The fourth-order valence-electron chi connectivity index (χ4n) is 3.46. The Morgan fingerprint density at radius 3 is 2.69 bits per heavy atom. The summed E-state index contributed by atoms with van der Waals surface area (Å²) in [5.74, 6) is -2.42. The zero-order valence-corrected chi connectivity index (χ0v) is 15.2. The molecule has 0 saturated heterocycles. The van der Waals surface area contributed by atoms with Gasteiger partial charge in [0.15, 0.2) is 5.65 Å². The third-order valence-corrected chi connectivity index (χ3v) is 4.83. The molecule has 1 aromatic carbocycles. The zero-order valence-electron chi connectivity index (χ0n) is 17.2. The molecule has 8 heteroatoms. The second kappa shape index (κ2) is 6.44. The van der Waals surface area contributed by atoms with Crippen LogP contribution in [0.15, 0.2) is 48.9 Å². The SMILES string of the molecule is [2H]C1([2H])c2ncccc2C(=O)N1Cc1c(F)cc(-c2ccnc3nn(C)cc23)cc1F. The number of hydrogen-bond donors (Lipinski definition) is 0. The van der Waals surface area contributed by atoms with Gasteiger partial charge in [-0.3, -0.25) is 14.5 Å². The number of carbonyl (C=O) groups is 1. The van der Waals surface area contributed by atoms with Crippen LogP contribution in [0.25, 0.3) is 22.2 Å². The van der Waals surface area contributed by atoms with Crippen LogP contribution in [0.5, 0.6) is 0 Å². The van der Waals surface area contributed by atoms with Crippen LogP contribution < -0.4 is 0 Å². The number of aryl methyl sites for hydroxylation is 1. The summed E-state index contributed by atoms with van der Waals surface area (Å²) in [6, 6.07) is 6.94. The number of carbonyl (C=O) groups excluding carboxylic acids is 1. The second-order valence-corrected chi connectivity index (χ2v) is 6.72. The van der Waals surface area contributed by atoms with Gasteiger partial charge in [-0.15, -0.1) is 0 Å². The molecule has 1 aliphatic rings. The Balaban J connectivity index is 1.55. The van der Waals surface area contributed by atoms with Gasteiger partial charge in [-0.2, -0.15) is 5.10 Å². The van der Waals surface area contributed by atoms with Crippen LogP contribution in [0.3, 0.4) is 0 Å². The predicted octanol–water partition coefficient (Wildman–Crippen LogP) is 3.46. The average Bonchev–Trinajstić information content (AvgIpc) is 3.20. The maximum atomic E-state index is 15.0. The highest BCUT2D eigenvalue weighted by atomic mass is 19.1. The van der Waals surface area contributed by atoms with Gasteiger partial charge in [-0.05, 0) is 41.5 Å². The van der Waals surface area contributed by atoms with Gasteiger partial charge in [0.05, 0.1) is 27.0 Å². The molecule has 29 heavy (non-hydrogen) atoms. The number of fused-ring (bicyclic) bond motifs is 2. The van der Waals surface area contributed by atoms with Crippen LogP contribution in [0.2, 0.25) is 0 Å². The van der Waals surface area contributed by atoms with Crippen LogP contribution in [0.1, 0.15) is 24.4 Å². The van der Waals surface area contributed by atoms with Crippen LogP contribution in [-0.4, -0.2) is 30.6 Å². The first-order valence-electron chi connectivity index (χ1n) is 9.81. The quantitative estimate of drug-likeness (QED) is 0.535. The average molecular weight is 393 g/mol. The van der Waals surface area contributed by atoms with E-state index in [4.69, 9.17) is 2.74 Å². The molecule has 0 N–H and O–H groups in total. The molecule has 4 aromatic rings. The fraction of sp³-hybridized carbons (Fsp3) is 0.143. The summed E-state index contributed by atoms with van der Waals surface area (Å²) in [4.78, 5) is 21.5. The van der Waals surface area contributed by atoms with Gasteiger partial charge in [-0.1, -0.05) is 0 Å². The lowest BCUT2D eigenvalue weighted by atomic mass is 10.0. The molecular formula is C21H15F2N5O. The van der Waals surface area contributed by atoms with E-state index in [9.17, 15) is 4.79 Å². The molecule has 0 fully saturated rings. The first-order valence-corrected chi connectivity index (χ1v) is 8.81. The Kier molecular flexibility index (Phi) is 3.39. The summed E-state index contributed by atoms with van der Waals surface area (Å²) in [6.45, 7) is -2.85. The molecule has 0 spiro atoms. The molecular weight excluding hydrogens is 376 g/mol. The Bertz CT molecular complexity index is 1350. The number of amides is 1. The minimum absolute atomic E-state index is 0.0619. The Morgan fingerprint density at radius 1 is 1.14 bits per heavy atom. The number of rotatable bonds is 3. The Hall–Kier alpha value is -3.68. The van der Waals surface area contributed by atoms with Gasteiger partial charge in [-0.25, -0.2) is 13.8 Å². The molecule has 0 aliphatic carbocycles. The van der Waals surface area contributed by atoms with Crippen molar-refractivity contribution in [1.29, 1.82) is 0 Å². The van der Waals surface area contributed by atoms with E-state index in [0.29, 0.717) is 22.2 Å². The van der Waals surface area contributed by atoms with Crippen LogP contribution in [0.4, 0.5) is 8.78 Å². The van der Waals surface area contributed by atoms with E-state index in [0.717, 1.165) is 4.90 Å². The molecule has 144 valence electrons. The molecule has 3 aromatic heterocycles. The first-order chi connectivity index (χ1) is 14.8. The van der Waals surface area contributed by atoms with Gasteiger partial charge in [0.2, 0.25) is 0 Å². The minimum Gasteiger partial charge on any atom is -0.328 e. The lowest BCUT2D eigenvalue weighted by Gasteiger charge is -2.17. The number of aromatic nitrogens is 4. The molecule has 0 atom stereocenters. The standard InChI is InChI=1S/C21H15F2N5O/c1-27-9-15-13(4-6-25-20(15)26-27)12-7-17(22)16(18(23)8-12)10-28-11-19-14(21(28)29)3-2-5-24-19/h2-9H,10-11H2,1H3/i11D2.